The number of piperidine rings is 1. The van der Waals surface area contributed by atoms with E-state index in [1.807, 2.05) is 19.3 Å². The Hall–Kier alpha value is -2.31. The lowest BCUT2D eigenvalue weighted by Crippen LogP contribution is -2.43. The molecule has 0 radical (unpaired) electrons. The summed E-state index contributed by atoms with van der Waals surface area (Å²) < 4.78 is 0. The second-order valence-corrected chi connectivity index (χ2v) is 8.78. The van der Waals surface area contributed by atoms with Crippen molar-refractivity contribution in [2.45, 2.75) is 45.1 Å². The van der Waals surface area contributed by atoms with Gasteiger partial charge >= 0.3 is 0 Å². The van der Waals surface area contributed by atoms with Crippen molar-refractivity contribution in [2.75, 3.05) is 38.1 Å². The molecule has 4 rings (SSSR count). The summed E-state index contributed by atoms with van der Waals surface area (Å²) in [7, 11) is 1.87. The first kappa shape index (κ1) is 20.0. The predicted molar refractivity (Wildman–Crippen MR) is 116 cm³/mol. The molecule has 7 nitrogen and oxygen atoms in total. The highest BCUT2D eigenvalue weighted by Crippen LogP contribution is 2.36. The molecule has 0 aromatic carbocycles. The van der Waals surface area contributed by atoms with Crippen LogP contribution in [0.15, 0.2) is 23.3 Å². The number of nitrogens with zero attached hydrogens (tertiary/aromatic N) is 4. The van der Waals surface area contributed by atoms with Crippen molar-refractivity contribution in [3.8, 4) is 0 Å². The second kappa shape index (κ2) is 9.01. The van der Waals surface area contributed by atoms with Gasteiger partial charge in [-0.2, -0.15) is 0 Å². The van der Waals surface area contributed by atoms with Gasteiger partial charge in [0.05, 0.1) is 5.92 Å². The lowest BCUT2D eigenvalue weighted by Gasteiger charge is -2.33. The van der Waals surface area contributed by atoms with Gasteiger partial charge in [-0.1, -0.05) is 18.9 Å². The molecule has 1 aromatic heterocycles. The summed E-state index contributed by atoms with van der Waals surface area (Å²) in [5, 5.41) is 3.57. The maximum Gasteiger partial charge on any atom is 0.222 e. The van der Waals surface area contributed by atoms with Crippen molar-refractivity contribution >= 4 is 17.7 Å². The number of carbonyl (C=O) groups is 1. The fourth-order valence-electron chi connectivity index (χ4n) is 5.34. The highest BCUT2D eigenvalue weighted by atomic mass is 16.1. The van der Waals surface area contributed by atoms with E-state index in [0.717, 1.165) is 61.7 Å². The zero-order chi connectivity index (χ0) is 20.2. The molecule has 1 saturated carbocycles. The number of likely N-dealkylation sites (tertiary alicyclic amines) is 1. The van der Waals surface area contributed by atoms with Gasteiger partial charge in [0.1, 0.15) is 5.82 Å². The molecule has 3 heterocycles. The van der Waals surface area contributed by atoms with Gasteiger partial charge in [-0.3, -0.25) is 9.79 Å². The summed E-state index contributed by atoms with van der Waals surface area (Å²) in [4.78, 5) is 25.5. The summed E-state index contributed by atoms with van der Waals surface area (Å²) in [5.41, 5.74) is 6.70. The number of rotatable bonds is 4. The molecule has 3 atom stereocenters. The van der Waals surface area contributed by atoms with Gasteiger partial charge in [0, 0.05) is 51.5 Å². The zero-order valence-corrected chi connectivity index (χ0v) is 17.5. The molecule has 1 aliphatic carbocycles. The number of aromatic nitrogens is 1. The molecule has 3 fully saturated rings. The van der Waals surface area contributed by atoms with E-state index in [1.54, 1.807) is 0 Å². The average Bonchev–Trinajstić information content (AvgIpc) is 3.18. The highest BCUT2D eigenvalue weighted by Gasteiger charge is 2.35. The summed E-state index contributed by atoms with van der Waals surface area (Å²) in [6.07, 6.45) is 9.14. The number of anilines is 1. The number of pyridine rings is 1. The summed E-state index contributed by atoms with van der Waals surface area (Å²) in [5.74, 6) is 3.30. The minimum Gasteiger partial charge on any atom is -0.369 e. The number of guanidine groups is 1. The standard InChI is InChI=1S/C22H34N6O/c1-24-22(28-13-17-6-2-3-7-18(17)14-28)26-12-16-8-4-10-25-21(16)27-11-5-9-19(15-27)20(23)29/h4,8,10,17-19H,2-3,5-7,9,11-15H2,1H3,(H2,23,29)(H,24,26). The van der Waals surface area contributed by atoms with Gasteiger partial charge in [-0.05, 0) is 43.6 Å². The van der Waals surface area contributed by atoms with E-state index in [0.29, 0.717) is 13.1 Å². The SMILES string of the molecule is CN=C(NCc1cccnc1N1CCCC(C(N)=O)C1)N1CC2CCCCC2C1. The third-order valence-corrected chi connectivity index (χ3v) is 6.92. The van der Waals surface area contributed by atoms with Crippen molar-refractivity contribution in [1.29, 1.82) is 0 Å². The van der Waals surface area contributed by atoms with E-state index in [2.05, 4.69) is 31.2 Å². The van der Waals surface area contributed by atoms with Crippen molar-refractivity contribution in [2.24, 2.45) is 28.5 Å². The van der Waals surface area contributed by atoms with Crippen molar-refractivity contribution < 1.29 is 4.79 Å². The quantitative estimate of drug-likeness (QED) is 0.598. The summed E-state index contributed by atoms with van der Waals surface area (Å²) in [6.45, 7) is 4.49. The number of aliphatic imine (C=N–C) groups is 1. The van der Waals surface area contributed by atoms with Gasteiger partial charge < -0.3 is 20.9 Å². The molecule has 1 amide bonds. The zero-order valence-electron chi connectivity index (χ0n) is 17.5. The topological polar surface area (TPSA) is 86.9 Å². The van der Waals surface area contributed by atoms with Crippen LogP contribution in [0.3, 0.4) is 0 Å². The van der Waals surface area contributed by atoms with E-state index in [9.17, 15) is 4.79 Å². The van der Waals surface area contributed by atoms with Gasteiger partial charge in [-0.15, -0.1) is 0 Å². The van der Waals surface area contributed by atoms with E-state index in [4.69, 9.17) is 5.73 Å². The third-order valence-electron chi connectivity index (χ3n) is 6.92. The minimum absolute atomic E-state index is 0.0905. The Bertz CT molecular complexity index is 737. The molecule has 2 saturated heterocycles. The van der Waals surface area contributed by atoms with Crippen molar-refractivity contribution in [1.82, 2.24) is 15.2 Å². The Labute approximate surface area is 173 Å². The van der Waals surface area contributed by atoms with Crippen LogP contribution in [0.4, 0.5) is 5.82 Å². The van der Waals surface area contributed by atoms with E-state index in [1.165, 1.54) is 25.7 Å². The van der Waals surface area contributed by atoms with Crippen LogP contribution in [0.1, 0.15) is 44.1 Å². The van der Waals surface area contributed by atoms with Gasteiger partial charge in [0.15, 0.2) is 5.96 Å². The molecule has 3 aliphatic rings. The smallest absolute Gasteiger partial charge is 0.222 e. The largest absolute Gasteiger partial charge is 0.369 e. The number of carbonyl (C=O) groups excluding carboxylic acids is 1. The normalized spacial score (nSPS) is 27.6. The van der Waals surface area contributed by atoms with E-state index >= 15 is 0 Å². The molecular formula is C22H34N6O. The Balaban J connectivity index is 1.41. The fraction of sp³-hybridized carbons (Fsp3) is 0.682. The van der Waals surface area contributed by atoms with Crippen LogP contribution in [0.25, 0.3) is 0 Å². The molecule has 1 aromatic rings. The van der Waals surface area contributed by atoms with Gasteiger partial charge in [0.25, 0.3) is 0 Å². The van der Waals surface area contributed by atoms with Gasteiger partial charge in [-0.25, -0.2) is 4.98 Å². The monoisotopic (exact) mass is 398 g/mol. The number of nitrogens with two attached hydrogens (primary N) is 1. The molecule has 158 valence electrons. The summed E-state index contributed by atoms with van der Waals surface area (Å²) in [6, 6.07) is 4.09. The number of hydrogen-bond donors (Lipinski definition) is 2. The van der Waals surface area contributed by atoms with Crippen LogP contribution >= 0.6 is 0 Å². The van der Waals surface area contributed by atoms with Crippen molar-refractivity contribution in [3.63, 3.8) is 0 Å². The molecule has 0 spiro atoms. The number of fused-ring (bicyclic) bond motifs is 1. The lowest BCUT2D eigenvalue weighted by atomic mass is 9.82. The third kappa shape index (κ3) is 4.49. The molecule has 3 N–H and O–H groups in total. The number of primary amides is 1. The minimum atomic E-state index is -0.207. The molecule has 0 bridgehead atoms. The first-order valence-electron chi connectivity index (χ1n) is 11.1. The lowest BCUT2D eigenvalue weighted by molar-refractivity contribution is -0.122. The Morgan fingerprint density at radius 1 is 1.21 bits per heavy atom. The fourth-order valence-corrected chi connectivity index (χ4v) is 5.34. The van der Waals surface area contributed by atoms with Crippen LogP contribution in [0.2, 0.25) is 0 Å². The van der Waals surface area contributed by atoms with Crippen LogP contribution in [0.5, 0.6) is 0 Å². The Kier molecular flexibility index (Phi) is 6.21. The highest BCUT2D eigenvalue weighted by molar-refractivity contribution is 5.80. The van der Waals surface area contributed by atoms with Crippen molar-refractivity contribution in [3.05, 3.63) is 23.9 Å². The first-order chi connectivity index (χ1) is 14.2. The van der Waals surface area contributed by atoms with E-state index < -0.39 is 0 Å². The second-order valence-electron chi connectivity index (χ2n) is 8.78. The van der Waals surface area contributed by atoms with Gasteiger partial charge in [0.2, 0.25) is 5.91 Å². The van der Waals surface area contributed by atoms with Crippen LogP contribution in [-0.4, -0.2) is 55.0 Å². The Morgan fingerprint density at radius 2 is 1.97 bits per heavy atom. The number of hydrogen-bond acceptors (Lipinski definition) is 4. The number of nitrogens with one attached hydrogen (secondary N) is 1. The van der Waals surface area contributed by atoms with Crippen LogP contribution in [0, 0.1) is 17.8 Å². The summed E-state index contributed by atoms with van der Waals surface area (Å²) >= 11 is 0. The average molecular weight is 399 g/mol. The molecule has 7 heteroatoms. The molecule has 29 heavy (non-hydrogen) atoms. The maximum atomic E-state index is 11.7. The van der Waals surface area contributed by atoms with E-state index in [-0.39, 0.29) is 11.8 Å². The predicted octanol–water partition coefficient (Wildman–Crippen LogP) is 1.98. The molecule has 3 unspecified atom stereocenters. The Morgan fingerprint density at radius 3 is 2.66 bits per heavy atom. The molecular weight excluding hydrogens is 364 g/mol. The van der Waals surface area contributed by atoms with Crippen LogP contribution in [-0.2, 0) is 11.3 Å². The molecule has 2 aliphatic heterocycles. The van der Waals surface area contributed by atoms with Crippen LogP contribution < -0.4 is 16.0 Å². The number of amides is 1. The maximum absolute atomic E-state index is 11.7. The first-order valence-corrected chi connectivity index (χ1v) is 11.1.